The van der Waals surface area contributed by atoms with Crippen LogP contribution >= 0.6 is 7.82 Å². The molecule has 394 valence electrons. The largest absolute Gasteiger partial charge is 0.472 e. The number of carbonyl (C=O) groups excluding carboxylic acids is 3. The van der Waals surface area contributed by atoms with E-state index in [-0.39, 0.29) is 19.3 Å². The third kappa shape index (κ3) is 48.6. The first-order valence-electron chi connectivity index (χ1n) is 26.1. The molecule has 3 unspecified atom stereocenters. The molecule has 0 bridgehead atoms. The van der Waals surface area contributed by atoms with Gasteiger partial charge in [0.1, 0.15) is 12.7 Å². The highest BCUT2D eigenvalue weighted by atomic mass is 31.2. The first-order chi connectivity index (χ1) is 34.2. The molecule has 0 heterocycles. The van der Waals surface area contributed by atoms with Crippen LogP contribution in [-0.4, -0.2) is 66.5 Å². The molecular formula is C58H91O11P. The smallest absolute Gasteiger partial charge is 0.462 e. The Labute approximate surface area is 423 Å². The van der Waals surface area contributed by atoms with Crippen LogP contribution in [-0.2, 0) is 42.2 Å². The summed E-state index contributed by atoms with van der Waals surface area (Å²) in [6, 6.07) is 0. The Bertz CT molecular complexity index is 1680. The predicted octanol–water partition coefficient (Wildman–Crippen LogP) is 15.0. The Morgan fingerprint density at radius 2 is 0.829 bits per heavy atom. The van der Waals surface area contributed by atoms with Gasteiger partial charge in [-0.2, -0.15) is 0 Å². The van der Waals surface area contributed by atoms with E-state index in [1.807, 2.05) is 30.4 Å². The van der Waals surface area contributed by atoms with Gasteiger partial charge in [0.15, 0.2) is 6.10 Å². The molecule has 0 aliphatic rings. The van der Waals surface area contributed by atoms with Gasteiger partial charge in [0.2, 0.25) is 0 Å². The van der Waals surface area contributed by atoms with E-state index in [1.165, 1.54) is 19.3 Å². The lowest BCUT2D eigenvalue weighted by Crippen LogP contribution is -2.30. The standard InChI is InChI=1S/C58H91O11P/c1-4-7-10-13-16-19-22-25-27-30-33-36-39-42-45-48-57(61)68-54(50-59)52-66-70(63,64)67-53-55(51-65-56(60)47-44-41-38-35-32-29-24-21-18-15-12-9-6-3)69-58(62)49-46-43-40-37-34-31-28-26-23-20-17-14-11-8-5-2/h8-9,11-12,16-21,25-29,32,34,37-38,41,43,46,54-55,59H,4-7,10,13-15,22-24,30-31,33,35-36,39-40,42,44-45,47-53H2,1-3H3,(H,63,64)/b11-8-,12-9-,19-16-,20-17-,21-18-,27-25-,28-26-,32-29-,37-34-,41-38-,46-43-. The number of phosphoric ester groups is 1. The second-order valence-electron chi connectivity index (χ2n) is 16.6. The van der Waals surface area contributed by atoms with Gasteiger partial charge in [-0.25, -0.2) is 4.57 Å². The van der Waals surface area contributed by atoms with Gasteiger partial charge in [0, 0.05) is 12.8 Å². The highest BCUT2D eigenvalue weighted by molar-refractivity contribution is 7.47. The third-order valence-electron chi connectivity index (χ3n) is 10.1. The van der Waals surface area contributed by atoms with Crippen molar-refractivity contribution in [1.29, 1.82) is 0 Å². The number of hydrogen-bond acceptors (Lipinski definition) is 10. The lowest BCUT2D eigenvalue weighted by molar-refractivity contribution is -0.160. The van der Waals surface area contributed by atoms with Gasteiger partial charge in [-0.3, -0.25) is 23.4 Å². The van der Waals surface area contributed by atoms with Gasteiger partial charge in [-0.1, -0.05) is 187 Å². The maximum atomic E-state index is 12.8. The molecule has 0 aromatic carbocycles. The summed E-state index contributed by atoms with van der Waals surface area (Å²) in [6.45, 7) is 4.13. The third-order valence-corrected chi connectivity index (χ3v) is 11.0. The number of carbonyl (C=O) groups is 3. The van der Waals surface area contributed by atoms with Crippen LogP contribution in [0.4, 0.5) is 0 Å². The van der Waals surface area contributed by atoms with Crippen molar-refractivity contribution in [3.05, 3.63) is 134 Å². The Morgan fingerprint density at radius 3 is 1.31 bits per heavy atom. The minimum atomic E-state index is -4.79. The molecule has 2 N–H and O–H groups in total. The van der Waals surface area contributed by atoms with Crippen LogP contribution in [0.1, 0.15) is 175 Å². The predicted molar refractivity (Wildman–Crippen MR) is 288 cm³/mol. The Hall–Kier alpha value is -4.38. The van der Waals surface area contributed by atoms with E-state index >= 15 is 0 Å². The first kappa shape index (κ1) is 65.6. The van der Waals surface area contributed by atoms with E-state index in [2.05, 4.69) is 118 Å². The fraction of sp³-hybridized carbons (Fsp3) is 0.569. The molecule has 0 aliphatic carbocycles. The lowest BCUT2D eigenvalue weighted by atomic mass is 10.1. The van der Waals surface area contributed by atoms with Crippen LogP contribution in [0.2, 0.25) is 0 Å². The zero-order valence-electron chi connectivity index (χ0n) is 43.2. The van der Waals surface area contributed by atoms with E-state index in [0.29, 0.717) is 19.3 Å². The summed E-state index contributed by atoms with van der Waals surface area (Å²) < 4.78 is 39.1. The van der Waals surface area contributed by atoms with Gasteiger partial charge in [-0.05, 0) is 103 Å². The summed E-state index contributed by atoms with van der Waals surface area (Å²) >= 11 is 0. The molecule has 12 heteroatoms. The highest BCUT2D eigenvalue weighted by Gasteiger charge is 2.28. The first-order valence-corrected chi connectivity index (χ1v) is 27.6. The number of allylic oxidation sites excluding steroid dienone is 21. The molecule has 0 aliphatic heterocycles. The minimum absolute atomic E-state index is 0.0776. The molecule has 0 fully saturated rings. The van der Waals surface area contributed by atoms with Crippen LogP contribution in [0.25, 0.3) is 0 Å². The highest BCUT2D eigenvalue weighted by Crippen LogP contribution is 2.43. The van der Waals surface area contributed by atoms with Gasteiger partial charge in [0.05, 0.1) is 26.2 Å². The fourth-order valence-corrected chi connectivity index (χ4v) is 6.96. The number of rotatable bonds is 46. The van der Waals surface area contributed by atoms with Crippen molar-refractivity contribution in [1.82, 2.24) is 0 Å². The summed E-state index contributed by atoms with van der Waals surface area (Å²) in [5.41, 5.74) is 0. The van der Waals surface area contributed by atoms with E-state index < -0.39 is 64.4 Å². The number of esters is 3. The summed E-state index contributed by atoms with van der Waals surface area (Å²) in [5, 5.41) is 9.78. The van der Waals surface area contributed by atoms with E-state index in [4.69, 9.17) is 23.3 Å². The molecule has 0 spiro atoms. The molecule has 0 radical (unpaired) electrons. The van der Waals surface area contributed by atoms with Crippen LogP contribution < -0.4 is 0 Å². The average Bonchev–Trinajstić information content (AvgIpc) is 3.35. The number of aliphatic hydroxyl groups excluding tert-OH is 1. The number of aliphatic hydroxyl groups is 1. The lowest BCUT2D eigenvalue weighted by Gasteiger charge is -2.21. The molecule has 0 amide bonds. The van der Waals surface area contributed by atoms with Crippen molar-refractivity contribution in [3.63, 3.8) is 0 Å². The van der Waals surface area contributed by atoms with E-state index in [1.54, 1.807) is 6.08 Å². The Balaban J connectivity index is 4.95. The quantitative estimate of drug-likeness (QED) is 0.0197. The molecule has 0 saturated carbocycles. The van der Waals surface area contributed by atoms with Crippen LogP contribution in [0.5, 0.6) is 0 Å². The van der Waals surface area contributed by atoms with Crippen molar-refractivity contribution in [2.24, 2.45) is 0 Å². The van der Waals surface area contributed by atoms with Gasteiger partial charge >= 0.3 is 25.7 Å². The SMILES string of the molecule is CC/C=C\C/C=C\C/C=C\C/C=C\C/C=C\CC(=O)OC(COC(=O)CC/C=C\C/C=C\C/C=C\C/C=C\CC)COP(=O)(O)OCC(CO)OC(=O)CCCCCCC/C=C\C/C=C\CCCCC. The Morgan fingerprint density at radius 1 is 0.429 bits per heavy atom. The molecule has 0 saturated heterocycles. The molecule has 70 heavy (non-hydrogen) atoms. The van der Waals surface area contributed by atoms with E-state index in [9.17, 15) is 28.9 Å². The van der Waals surface area contributed by atoms with E-state index in [0.717, 1.165) is 96.3 Å². The number of unbranched alkanes of at least 4 members (excludes halogenated alkanes) is 8. The topological polar surface area (TPSA) is 155 Å². The second-order valence-corrected chi connectivity index (χ2v) is 18.0. The second kappa shape index (κ2) is 51.0. The Kier molecular flexibility index (Phi) is 47.8. The van der Waals surface area contributed by atoms with Crippen molar-refractivity contribution in [2.75, 3.05) is 26.4 Å². The van der Waals surface area contributed by atoms with Gasteiger partial charge in [0.25, 0.3) is 0 Å². The maximum absolute atomic E-state index is 12.8. The van der Waals surface area contributed by atoms with Crippen LogP contribution in [0.15, 0.2) is 134 Å². The maximum Gasteiger partial charge on any atom is 0.472 e. The molecule has 3 atom stereocenters. The number of ether oxygens (including phenoxy) is 3. The molecule has 0 aromatic heterocycles. The zero-order valence-corrected chi connectivity index (χ0v) is 44.1. The zero-order chi connectivity index (χ0) is 51.3. The van der Waals surface area contributed by atoms with Gasteiger partial charge in [-0.15, -0.1) is 0 Å². The normalized spacial score (nSPS) is 14.5. The van der Waals surface area contributed by atoms with Crippen molar-refractivity contribution in [3.8, 4) is 0 Å². The minimum Gasteiger partial charge on any atom is -0.462 e. The number of phosphoric acid groups is 1. The molecule has 11 nitrogen and oxygen atoms in total. The van der Waals surface area contributed by atoms with Crippen molar-refractivity contribution in [2.45, 2.75) is 187 Å². The average molecular weight is 995 g/mol. The molecule has 0 aromatic rings. The van der Waals surface area contributed by atoms with Crippen molar-refractivity contribution < 1.29 is 52.2 Å². The summed E-state index contributed by atoms with van der Waals surface area (Å²) in [7, 11) is -4.79. The summed E-state index contributed by atoms with van der Waals surface area (Å²) in [6.07, 6.45) is 63.3. The monoisotopic (exact) mass is 995 g/mol. The summed E-state index contributed by atoms with van der Waals surface area (Å²) in [4.78, 5) is 48.2. The molecular weight excluding hydrogens is 904 g/mol. The van der Waals surface area contributed by atoms with Gasteiger partial charge < -0.3 is 24.2 Å². The number of hydrogen-bond donors (Lipinski definition) is 2. The van der Waals surface area contributed by atoms with Crippen molar-refractivity contribution >= 4 is 25.7 Å². The van der Waals surface area contributed by atoms with Crippen LogP contribution in [0.3, 0.4) is 0 Å². The van der Waals surface area contributed by atoms with Crippen LogP contribution in [0, 0.1) is 0 Å². The molecule has 0 rings (SSSR count). The summed E-state index contributed by atoms with van der Waals surface area (Å²) in [5.74, 6) is -1.75. The fourth-order valence-electron chi connectivity index (χ4n) is 6.18.